The lowest BCUT2D eigenvalue weighted by Gasteiger charge is -2.56. The summed E-state index contributed by atoms with van der Waals surface area (Å²) in [5.41, 5.74) is 4.24. The van der Waals surface area contributed by atoms with Gasteiger partial charge in [0.15, 0.2) is 0 Å². The van der Waals surface area contributed by atoms with Crippen LogP contribution in [0.1, 0.15) is 24.3 Å². The summed E-state index contributed by atoms with van der Waals surface area (Å²) in [6.07, 6.45) is 2.64. The summed E-state index contributed by atoms with van der Waals surface area (Å²) in [7, 11) is 0. The number of benzene rings is 1. The molecule has 6 rings (SSSR count). The molecule has 0 atom stereocenters. The highest BCUT2D eigenvalue weighted by molar-refractivity contribution is 7.22. The van der Waals surface area contributed by atoms with Gasteiger partial charge in [-0.3, -0.25) is 0 Å². The Morgan fingerprint density at radius 3 is 2.56 bits per heavy atom. The molecule has 3 aliphatic rings. The van der Waals surface area contributed by atoms with E-state index in [-0.39, 0.29) is 0 Å². The second-order valence-corrected chi connectivity index (χ2v) is 8.85. The molecule has 1 aromatic carbocycles. The van der Waals surface area contributed by atoms with Gasteiger partial charge in [0.05, 0.1) is 10.7 Å². The van der Waals surface area contributed by atoms with Gasteiger partial charge >= 0.3 is 0 Å². The van der Waals surface area contributed by atoms with E-state index in [0.717, 1.165) is 22.0 Å². The van der Waals surface area contributed by atoms with Gasteiger partial charge in [-0.15, -0.1) is 10.2 Å². The van der Waals surface area contributed by atoms with Crippen molar-refractivity contribution in [3.05, 3.63) is 42.0 Å². The maximum Gasteiger partial charge on any atom is 0.148 e. The minimum Gasteiger partial charge on any atom is -0.362 e. The van der Waals surface area contributed by atoms with Crippen molar-refractivity contribution in [2.24, 2.45) is 5.41 Å². The number of rotatable bonds is 3. The minimum atomic E-state index is 0.553. The lowest BCUT2D eigenvalue weighted by molar-refractivity contribution is 0.122. The Morgan fingerprint density at radius 2 is 1.88 bits per heavy atom. The fourth-order valence-electron chi connectivity index (χ4n) is 4.27. The average Bonchev–Trinajstić information content (AvgIpc) is 3.33. The van der Waals surface area contributed by atoms with Crippen LogP contribution in [0.25, 0.3) is 21.5 Å². The van der Waals surface area contributed by atoms with Gasteiger partial charge in [0.2, 0.25) is 0 Å². The molecular formula is C20H20N4S. The van der Waals surface area contributed by atoms with E-state index in [9.17, 15) is 0 Å². The molecule has 2 saturated heterocycles. The molecule has 3 aromatic rings. The summed E-state index contributed by atoms with van der Waals surface area (Å²) < 4.78 is 0. The normalized spacial score (nSPS) is 21.4. The van der Waals surface area contributed by atoms with E-state index in [1.54, 1.807) is 5.56 Å². The summed E-state index contributed by atoms with van der Waals surface area (Å²) in [4.78, 5) is 3.69. The third-order valence-electron chi connectivity index (χ3n) is 5.87. The molecule has 0 unspecified atom stereocenters. The molecule has 4 nitrogen and oxygen atoms in total. The van der Waals surface area contributed by atoms with Crippen LogP contribution in [0.3, 0.4) is 0 Å². The van der Waals surface area contributed by atoms with E-state index >= 15 is 0 Å². The Hall–Kier alpha value is -1.98. The fraction of sp³-hybridized carbons (Fsp3) is 0.400. The zero-order valence-corrected chi connectivity index (χ0v) is 14.9. The van der Waals surface area contributed by atoms with Crippen molar-refractivity contribution >= 4 is 26.6 Å². The van der Waals surface area contributed by atoms with Gasteiger partial charge in [-0.05, 0) is 30.4 Å². The molecule has 1 aliphatic carbocycles. The number of aromatic nitrogens is 2. The molecular weight excluding hydrogens is 328 g/mol. The maximum absolute atomic E-state index is 4.59. The van der Waals surface area contributed by atoms with Crippen molar-refractivity contribution in [1.29, 1.82) is 0 Å². The second-order valence-electron chi connectivity index (χ2n) is 7.87. The van der Waals surface area contributed by atoms with Crippen molar-refractivity contribution in [1.82, 2.24) is 15.5 Å². The average molecular weight is 348 g/mol. The summed E-state index contributed by atoms with van der Waals surface area (Å²) in [5, 5.41) is 15.3. The molecule has 2 aromatic heterocycles. The lowest BCUT2D eigenvalue weighted by atomic mass is 9.74. The molecule has 0 radical (unpaired) electrons. The van der Waals surface area contributed by atoms with Crippen molar-refractivity contribution in [2.45, 2.75) is 18.8 Å². The molecule has 2 aliphatic heterocycles. The Labute approximate surface area is 150 Å². The standard InChI is InChI=1S/C20H20N4S/c1-2-4-13(5-3-1)16-8-15-17(14-6-7-14)19(25-18(15)23-22-16)24-11-20(12-24)9-21-10-20/h1-5,8,14,21H,6-7,9-12H2. The number of nitrogens with zero attached hydrogens (tertiary/aromatic N) is 3. The molecule has 0 amide bonds. The van der Waals surface area contributed by atoms with Gasteiger partial charge in [-0.25, -0.2) is 0 Å². The summed E-state index contributed by atoms with van der Waals surface area (Å²) in [6, 6.07) is 12.7. The number of hydrogen-bond donors (Lipinski definition) is 1. The van der Waals surface area contributed by atoms with Crippen LogP contribution in [-0.2, 0) is 0 Å². The van der Waals surface area contributed by atoms with Crippen LogP contribution in [0, 0.1) is 5.41 Å². The molecule has 1 spiro atoms. The quantitative estimate of drug-likeness (QED) is 0.784. The van der Waals surface area contributed by atoms with Crippen LogP contribution in [-0.4, -0.2) is 36.4 Å². The summed E-state index contributed by atoms with van der Waals surface area (Å²) >= 11 is 1.85. The molecule has 126 valence electrons. The zero-order chi connectivity index (χ0) is 16.4. The fourth-order valence-corrected chi connectivity index (χ4v) is 5.46. The minimum absolute atomic E-state index is 0.553. The first-order chi connectivity index (χ1) is 12.3. The third kappa shape index (κ3) is 2.15. The SMILES string of the molecule is c1ccc(-c2cc3c(C4CC4)c(N4CC5(CNC5)C4)sc3nn2)cc1. The monoisotopic (exact) mass is 348 g/mol. The highest BCUT2D eigenvalue weighted by Gasteiger charge is 2.49. The Kier molecular flexibility index (Phi) is 2.86. The van der Waals surface area contributed by atoms with Crippen LogP contribution in [0.4, 0.5) is 5.00 Å². The smallest absolute Gasteiger partial charge is 0.148 e. The highest BCUT2D eigenvalue weighted by Crippen LogP contribution is 2.53. The first-order valence-corrected chi connectivity index (χ1v) is 9.94. The second kappa shape index (κ2) is 5.02. The van der Waals surface area contributed by atoms with Crippen LogP contribution in [0.15, 0.2) is 36.4 Å². The van der Waals surface area contributed by atoms with Crippen LogP contribution < -0.4 is 10.2 Å². The van der Waals surface area contributed by atoms with Crippen molar-refractivity contribution < 1.29 is 0 Å². The number of hydrogen-bond acceptors (Lipinski definition) is 5. The van der Waals surface area contributed by atoms with Crippen LogP contribution >= 0.6 is 11.3 Å². The van der Waals surface area contributed by atoms with E-state index in [4.69, 9.17) is 0 Å². The van der Waals surface area contributed by atoms with Gasteiger partial charge in [0.1, 0.15) is 4.83 Å². The molecule has 3 fully saturated rings. The summed E-state index contributed by atoms with van der Waals surface area (Å²) in [5.74, 6) is 0.729. The van der Waals surface area contributed by atoms with E-state index < -0.39 is 0 Å². The number of nitrogens with one attached hydrogen (secondary N) is 1. The first-order valence-electron chi connectivity index (χ1n) is 9.13. The zero-order valence-electron chi connectivity index (χ0n) is 14.0. The van der Waals surface area contributed by atoms with Crippen LogP contribution in [0.2, 0.25) is 0 Å². The van der Waals surface area contributed by atoms with Gasteiger partial charge in [0.25, 0.3) is 0 Å². The van der Waals surface area contributed by atoms with Gasteiger partial charge in [-0.1, -0.05) is 41.7 Å². The van der Waals surface area contributed by atoms with E-state index in [1.807, 2.05) is 17.4 Å². The molecule has 1 saturated carbocycles. The maximum atomic E-state index is 4.59. The number of anilines is 1. The van der Waals surface area contributed by atoms with Crippen molar-refractivity contribution in [2.75, 3.05) is 31.1 Å². The number of fused-ring (bicyclic) bond motifs is 1. The summed E-state index contributed by atoms with van der Waals surface area (Å²) in [6.45, 7) is 4.77. The van der Waals surface area contributed by atoms with Gasteiger partial charge in [-0.2, -0.15) is 0 Å². The van der Waals surface area contributed by atoms with E-state index in [0.29, 0.717) is 5.41 Å². The predicted octanol–water partition coefficient (Wildman–Crippen LogP) is 3.65. The third-order valence-corrected chi connectivity index (χ3v) is 7.04. The topological polar surface area (TPSA) is 41.0 Å². The predicted molar refractivity (Wildman–Crippen MR) is 102 cm³/mol. The highest BCUT2D eigenvalue weighted by atomic mass is 32.1. The van der Waals surface area contributed by atoms with Gasteiger partial charge in [0, 0.05) is 42.5 Å². The molecule has 1 N–H and O–H groups in total. The first kappa shape index (κ1) is 14.2. The molecule has 25 heavy (non-hydrogen) atoms. The van der Waals surface area contributed by atoms with Gasteiger partial charge < -0.3 is 10.2 Å². The molecule has 5 heteroatoms. The Balaban J connectivity index is 1.44. The number of thiophene rings is 1. The van der Waals surface area contributed by atoms with Crippen LogP contribution in [0.5, 0.6) is 0 Å². The van der Waals surface area contributed by atoms with Crippen molar-refractivity contribution in [3.63, 3.8) is 0 Å². The molecule has 4 heterocycles. The van der Waals surface area contributed by atoms with Crippen molar-refractivity contribution in [3.8, 4) is 11.3 Å². The molecule has 0 bridgehead atoms. The Bertz CT molecular complexity index is 948. The Morgan fingerprint density at radius 1 is 1.08 bits per heavy atom. The van der Waals surface area contributed by atoms with E-state index in [1.165, 1.54) is 49.4 Å². The van der Waals surface area contributed by atoms with E-state index in [2.05, 4.69) is 50.7 Å². The largest absolute Gasteiger partial charge is 0.362 e. The lowest BCUT2D eigenvalue weighted by Crippen LogP contribution is -2.71.